The van der Waals surface area contributed by atoms with Gasteiger partial charge in [-0.15, -0.1) is 19.7 Å². The van der Waals surface area contributed by atoms with Gasteiger partial charge in [0.25, 0.3) is 11.8 Å². The second-order valence-electron chi connectivity index (χ2n) is 24.9. The van der Waals surface area contributed by atoms with Gasteiger partial charge >= 0.3 is 236 Å². The molecule has 0 radical (unpaired) electrons. The summed E-state index contributed by atoms with van der Waals surface area (Å²) in [4.78, 5) is 51.6. The van der Waals surface area contributed by atoms with Crippen LogP contribution < -0.4 is 276 Å². The molecule has 56 nitrogen and oxygen atoms in total. The normalized spacial score (nSPS) is 12.5. The number of azo groups is 4. The predicted molar refractivity (Wildman–Crippen MR) is 432 cm³/mol. The number of sulfone groups is 3. The number of aromatic hydroxyl groups is 2. The summed E-state index contributed by atoms with van der Waals surface area (Å²) in [5.74, 6) is -11.7. The van der Waals surface area contributed by atoms with E-state index in [1.54, 1.807) is 0 Å². The fraction of sp³-hybridized carbons (Fsp3) is 0.250. The van der Waals surface area contributed by atoms with E-state index in [4.69, 9.17) is 28.2 Å². The summed E-state index contributed by atoms with van der Waals surface area (Å²) in [6, 6.07) is 13.0. The van der Waals surface area contributed by atoms with Crippen molar-refractivity contribution in [2.75, 3.05) is 88.5 Å². The maximum atomic E-state index is 13.6. The number of methoxy groups -OCH3 is 4. The number of nitrogens with zero attached hydrogens (tertiary/aromatic N) is 8. The molecule has 4 N–H and O–H groups in total. The topological polar surface area (TPSA) is 868 Å². The number of Topliss-reactive ketones (excluding diaryl/α,β-unsaturated/α-hetero) is 2. The minimum Gasteiger partial charge on any atom is -0.744 e. The van der Waals surface area contributed by atoms with Crippen molar-refractivity contribution in [1.82, 2.24) is 0 Å². The van der Waals surface area contributed by atoms with Gasteiger partial charge in [-0.2, -0.15) is 29.9 Å². The molecule has 140 heavy (non-hydrogen) atoms. The van der Waals surface area contributed by atoms with Crippen LogP contribution in [0.3, 0.4) is 0 Å². The van der Waals surface area contributed by atoms with Gasteiger partial charge in [-0.1, -0.05) is 0 Å². The van der Waals surface area contributed by atoms with E-state index in [-0.39, 0.29) is 292 Å². The second-order valence-corrected chi connectivity index (χ2v) is 40.9. The van der Waals surface area contributed by atoms with Crippen molar-refractivity contribution in [2.45, 2.75) is 60.2 Å². The summed E-state index contributed by atoms with van der Waals surface area (Å²) >= 11 is 0.828. The van der Waals surface area contributed by atoms with E-state index in [1.807, 2.05) is 5.32 Å². The number of fused-ring (bicyclic) bond motifs is 2. The number of hydrogen-bond donors (Lipinski definition) is 4. The van der Waals surface area contributed by atoms with Crippen LogP contribution >= 0.6 is 24.1 Å². The smallest absolute Gasteiger partial charge is 0.744 e. The molecule has 0 spiro atoms. The van der Waals surface area contributed by atoms with Gasteiger partial charge in [0.15, 0.2) is 58.3 Å². The van der Waals surface area contributed by atoms with Crippen LogP contribution in [0.1, 0.15) is 13.8 Å². The molecule has 0 aliphatic carbocycles. The van der Waals surface area contributed by atoms with E-state index in [0.717, 1.165) is 109 Å². The number of nitrogens with one attached hydrogen (secondary N) is 2. The largest absolute Gasteiger partial charge is 1.00 e. The number of phenols is 2. The monoisotopic (exact) mass is 2270 g/mol. The summed E-state index contributed by atoms with van der Waals surface area (Å²) in [5, 5.41) is 69.2. The van der Waals surface area contributed by atoms with Gasteiger partial charge in [0, 0.05) is 52.8 Å². The number of carbonyl (C=O) groups is 4. The Hall–Kier alpha value is -2.84. The second kappa shape index (κ2) is 60.3. The van der Waals surface area contributed by atoms with Gasteiger partial charge in [-0.25, -0.2) is 84.2 Å². The Morgan fingerprint density at radius 3 is 1.14 bits per heavy atom. The Labute approximate surface area is 982 Å². The maximum Gasteiger partial charge on any atom is 1.00 e. The average Bonchev–Trinajstić information content (AvgIpc) is 0.752. The number of phenolic OH excluding ortho intramolecular Hbond substituents is 2. The molecule has 0 aliphatic heterocycles. The molecule has 0 fully saturated rings. The first-order valence-corrected chi connectivity index (χ1v) is 50.6. The van der Waals surface area contributed by atoms with Crippen LogP contribution in [0.5, 0.6) is 40.2 Å². The summed E-state index contributed by atoms with van der Waals surface area (Å²) in [6.07, 6.45) is 0. The summed E-state index contributed by atoms with van der Waals surface area (Å²) < 4.78 is 362. The molecule has 0 bridgehead atoms. The van der Waals surface area contributed by atoms with Gasteiger partial charge in [-0.3, -0.25) is 40.9 Å². The Morgan fingerprint density at radius 2 is 0.750 bits per heavy atom. The summed E-state index contributed by atoms with van der Waals surface area (Å²) in [7, 11) is -46.4. The zero-order valence-corrected chi connectivity index (χ0v) is 100. The summed E-state index contributed by atoms with van der Waals surface area (Å²) in [6.45, 7) is -1.87. The Bertz CT molecular complexity index is 7190. The first kappa shape index (κ1) is 139. The zero-order valence-electron chi connectivity index (χ0n) is 74.5. The molecule has 76 heteroatoms. The van der Waals surface area contributed by atoms with Crippen LogP contribution in [0, 0.1) is 0 Å². The maximum absolute atomic E-state index is 13.6. The number of benzene rings is 8. The average molecular weight is 2270 g/mol. The van der Waals surface area contributed by atoms with Crippen molar-refractivity contribution < 1.29 is 441 Å². The Kier molecular flexibility index (Phi) is 59.9. The molecule has 2 atom stereocenters. The van der Waals surface area contributed by atoms with Crippen molar-refractivity contribution in [3.63, 3.8) is 0 Å². The number of hydrogen-bond acceptors (Lipinski definition) is 56. The fourth-order valence-corrected chi connectivity index (χ4v) is 18.3. The summed E-state index contributed by atoms with van der Waals surface area (Å²) in [5.41, 5.74) is -4.13. The quantitative estimate of drug-likeness (QED) is 0.00317. The molecule has 8 rings (SSSR count). The molecule has 8 aromatic carbocycles. The van der Waals surface area contributed by atoms with Gasteiger partial charge < -0.3 is 81.8 Å². The molecule has 0 saturated heterocycles. The minimum absolute atomic E-state index is 0. The van der Waals surface area contributed by atoms with Crippen molar-refractivity contribution in [2.24, 2.45) is 40.9 Å². The van der Waals surface area contributed by atoms with Gasteiger partial charge in [0.05, 0.1) is 131 Å². The number of rotatable bonds is 46. The van der Waals surface area contributed by atoms with Crippen LogP contribution in [0.4, 0.5) is 45.5 Å². The number of anilines is 2. The standard InChI is InChI=1S/C34H37N5O25S6.C30H29N5O21S6.8Na/c1-17(40)31(38-36-20-13-25(61-4)28(15-23(20)59-2)65(43,44)8-6-63-69(53,54)55)34(42)35-22-12-19-18(10-27(22)67(47,48)49)11-30(68(50,51)52)32(33(19)41)39-37-21-14-26(62-5)29(16-24(21)60-3)66(45,46)9-7-64-70(56,57)58;1-17(36)27(34-32-20-4-8-22(9-5-20)59(40,41)13-11-52-62(48,49)50)30(38)31-24-16-23-18(15-26(24)60(42,43)44)14-25(58-56-54-39)28(29(23)37)35-33-19-2-6-21(7-3-19)53-55-57-12-10-51-61(45,46)47;;;;;;;;/h10-16,31,41H,6-9H2,1-5H3,(H,35,42)(H,47,48,49)(H,50,51,52)(H,53,54,55)(H,56,57,58);2-9,14-16,27,37,39H,10-13H2,1H3,(H,31,38)(H,42,43,44)(H,45,46,47)(H,48,49,50);;;;;;;;/q;;8*+1/p-8. The molecule has 2 unspecified atom stereocenters. The molecule has 2 amide bonds. The number of ketones is 2. The van der Waals surface area contributed by atoms with Crippen LogP contribution in [-0.4, -0.2) is 240 Å². The van der Waals surface area contributed by atoms with E-state index in [2.05, 4.69) is 72.3 Å². The van der Waals surface area contributed by atoms with Crippen LogP contribution in [-0.2, 0) is 151 Å². The van der Waals surface area contributed by atoms with E-state index in [0.29, 0.717) is 30.2 Å². The van der Waals surface area contributed by atoms with Gasteiger partial charge in [0.1, 0.15) is 85.9 Å². The van der Waals surface area contributed by atoms with Crippen molar-refractivity contribution >= 4 is 216 Å². The molecule has 720 valence electrons. The molecule has 0 aliphatic rings. The zero-order chi connectivity index (χ0) is 98.8. The van der Waals surface area contributed by atoms with E-state index in [9.17, 15) is 151 Å². The molecular formula is C64H58N10Na8O46S12. The predicted octanol–water partition coefficient (Wildman–Crippen LogP) is -20.5. The minimum atomic E-state index is -5.70. The van der Waals surface area contributed by atoms with Crippen LogP contribution in [0.25, 0.3) is 21.5 Å². The van der Waals surface area contributed by atoms with E-state index < -0.39 is 284 Å². The van der Waals surface area contributed by atoms with E-state index >= 15 is 0 Å². The van der Waals surface area contributed by atoms with Crippen molar-refractivity contribution in [3.05, 3.63) is 109 Å². The van der Waals surface area contributed by atoms with E-state index in [1.165, 1.54) is 24.3 Å². The Morgan fingerprint density at radius 1 is 0.393 bits per heavy atom. The molecule has 0 saturated carbocycles. The van der Waals surface area contributed by atoms with Crippen LogP contribution in [0.2, 0.25) is 0 Å². The van der Waals surface area contributed by atoms with Crippen molar-refractivity contribution in [1.29, 1.82) is 0 Å². The third-order valence-corrected chi connectivity index (χ3v) is 26.7. The first-order valence-electron chi connectivity index (χ1n) is 34.4. The van der Waals surface area contributed by atoms with Gasteiger partial charge in [-0.05, 0) is 110 Å². The number of carbonyl (C=O) groups excluding carboxylic acids is 4. The fourth-order valence-electron chi connectivity index (χ4n) is 10.3. The van der Waals surface area contributed by atoms with Crippen molar-refractivity contribution in [3.8, 4) is 40.2 Å². The molecule has 8 aromatic rings. The number of amides is 2. The molecule has 0 heterocycles. The molecule has 0 aromatic heterocycles. The Balaban J connectivity index is 0. The third kappa shape index (κ3) is 42.5. The third-order valence-electron chi connectivity index (χ3n) is 16.1. The first-order chi connectivity index (χ1) is 61.1. The number of ether oxygens (including phenoxy) is 4. The van der Waals surface area contributed by atoms with Gasteiger partial charge in [0.2, 0.25) is 53.7 Å². The SMILES string of the molecule is CC(=O)C(N=Nc1ccc(S(=O)(=O)CCOS(=O)(=O)[O-])cc1)C(=O)Nc1cc2c(O)c(N=Nc3ccc(OOSCCOS(=O)(=O)[O-])cc3)c(SOO[O-])cc2cc1S(=O)(=O)[O-].COc1cc(S(=O)(=O)CCOS(=O)(=O)[O-])c(OC)cc1N=Nc1c(S(=O)(=O)[O-])cc2cc(S(=O)(=O)[O-])c(NC(=O)C(N=Nc3cc(OC)c(S(=O)(=O)CCOS(=O)(=O)[O-])cc3OC)C(C)=O)cc2c1O.[Na+].[Na+].[Na+].[Na+].[Na+].[Na+].[Na+].[Na+]. The molecular weight excluding hydrogens is 2210 g/mol. The van der Waals surface area contributed by atoms with Crippen LogP contribution in [0.15, 0.2) is 184 Å².